The Hall–Kier alpha value is -2.03. The lowest BCUT2D eigenvalue weighted by Gasteiger charge is -2.18. The summed E-state index contributed by atoms with van der Waals surface area (Å²) in [5, 5.41) is 0. The summed E-state index contributed by atoms with van der Waals surface area (Å²) in [4.78, 5) is 10.8. The van der Waals surface area contributed by atoms with Gasteiger partial charge in [-0.15, -0.1) is 0 Å². The predicted molar refractivity (Wildman–Crippen MR) is 61.2 cm³/mol. The maximum absolute atomic E-state index is 10.8. The highest BCUT2D eigenvalue weighted by molar-refractivity contribution is 5.75. The molecule has 0 saturated carbocycles. The first kappa shape index (κ1) is 10.5. The van der Waals surface area contributed by atoms with Gasteiger partial charge in [-0.05, 0) is 30.7 Å². The van der Waals surface area contributed by atoms with E-state index in [9.17, 15) is 4.79 Å². The molecule has 0 atom stereocenters. The van der Waals surface area contributed by atoms with E-state index in [1.807, 2.05) is 19.1 Å². The molecule has 0 aromatic heterocycles. The molecule has 0 spiro atoms. The predicted octanol–water partition coefficient (Wildman–Crippen LogP) is 2.92. The van der Waals surface area contributed by atoms with Gasteiger partial charge >= 0.3 is 5.97 Å². The van der Waals surface area contributed by atoms with Crippen LogP contribution in [0.5, 0.6) is 11.5 Å². The van der Waals surface area contributed by atoms with Gasteiger partial charge in [-0.25, -0.2) is 0 Å². The molecular weight excluding hydrogens is 204 g/mol. The fraction of sp³-hybridized carbons (Fsp3) is 0.154. The van der Waals surface area contributed by atoms with Crippen molar-refractivity contribution in [1.29, 1.82) is 0 Å². The molecule has 0 unspecified atom stereocenters. The van der Waals surface area contributed by atoms with Crippen LogP contribution < -0.4 is 9.47 Å². The molecule has 1 aromatic rings. The lowest BCUT2D eigenvalue weighted by molar-refractivity contribution is -0.131. The number of rotatable bonds is 1. The van der Waals surface area contributed by atoms with Crippen molar-refractivity contribution in [3.05, 3.63) is 42.2 Å². The second kappa shape index (κ2) is 3.85. The number of hydrogen-bond donors (Lipinski definition) is 0. The molecule has 0 fully saturated rings. The van der Waals surface area contributed by atoms with Gasteiger partial charge in [0.05, 0.1) is 0 Å². The number of allylic oxidation sites excluding steroid dienone is 2. The highest BCUT2D eigenvalue weighted by Crippen LogP contribution is 2.35. The lowest BCUT2D eigenvalue weighted by atomic mass is 10.0. The van der Waals surface area contributed by atoms with E-state index in [4.69, 9.17) is 9.47 Å². The van der Waals surface area contributed by atoms with Crippen molar-refractivity contribution in [3.8, 4) is 11.5 Å². The number of benzene rings is 1. The molecule has 3 nitrogen and oxygen atoms in total. The molecule has 0 radical (unpaired) electrons. The molecule has 1 aliphatic rings. The third-order valence-electron chi connectivity index (χ3n) is 2.26. The fourth-order valence-electron chi connectivity index (χ4n) is 1.63. The van der Waals surface area contributed by atoms with E-state index < -0.39 is 0 Å². The molecule has 0 aliphatic carbocycles. The van der Waals surface area contributed by atoms with Crippen LogP contribution in [0.15, 0.2) is 36.6 Å². The summed E-state index contributed by atoms with van der Waals surface area (Å²) in [6.07, 6.45) is 1.87. The molecule has 82 valence electrons. The van der Waals surface area contributed by atoms with Gasteiger partial charge in [-0.3, -0.25) is 4.79 Å². The molecule has 0 amide bonds. The van der Waals surface area contributed by atoms with E-state index in [-0.39, 0.29) is 5.97 Å². The number of fused-ring (bicyclic) bond motifs is 1. The van der Waals surface area contributed by atoms with Crippen LogP contribution in [-0.4, -0.2) is 5.97 Å². The first-order valence-corrected chi connectivity index (χ1v) is 4.94. The fourth-order valence-corrected chi connectivity index (χ4v) is 1.63. The summed E-state index contributed by atoms with van der Waals surface area (Å²) in [5.74, 6) is 1.39. The van der Waals surface area contributed by atoms with Crippen molar-refractivity contribution in [2.75, 3.05) is 0 Å². The standard InChI is InChI=1S/C13H12O3/c1-8-6-9(2)15-13-7-11(16-10(3)14)4-5-12(8)13/h4-7H,2H2,1,3H3. The third-order valence-corrected chi connectivity index (χ3v) is 2.26. The van der Waals surface area contributed by atoms with Gasteiger partial charge in [0.2, 0.25) is 0 Å². The molecule has 0 saturated heterocycles. The molecule has 1 aliphatic heterocycles. The number of ether oxygens (including phenoxy) is 2. The maximum Gasteiger partial charge on any atom is 0.308 e. The van der Waals surface area contributed by atoms with Crippen molar-refractivity contribution in [2.24, 2.45) is 0 Å². The van der Waals surface area contributed by atoms with Gasteiger partial charge < -0.3 is 9.47 Å². The van der Waals surface area contributed by atoms with Gasteiger partial charge in [0, 0.05) is 18.6 Å². The molecule has 0 bridgehead atoms. The van der Waals surface area contributed by atoms with Crippen molar-refractivity contribution < 1.29 is 14.3 Å². The van der Waals surface area contributed by atoms with Crippen LogP contribution in [0, 0.1) is 0 Å². The normalized spacial score (nSPS) is 13.6. The van der Waals surface area contributed by atoms with Crippen LogP contribution in [0.1, 0.15) is 19.4 Å². The highest BCUT2D eigenvalue weighted by atomic mass is 16.5. The minimum absolute atomic E-state index is 0.346. The zero-order chi connectivity index (χ0) is 11.7. The Morgan fingerprint density at radius 1 is 1.44 bits per heavy atom. The smallest absolute Gasteiger partial charge is 0.308 e. The van der Waals surface area contributed by atoms with Gasteiger partial charge in [-0.2, -0.15) is 0 Å². The first-order valence-electron chi connectivity index (χ1n) is 4.94. The Balaban J connectivity index is 2.40. The maximum atomic E-state index is 10.8. The summed E-state index contributed by atoms with van der Waals surface area (Å²) in [5.41, 5.74) is 2.07. The number of carbonyl (C=O) groups is 1. The Bertz CT molecular complexity index is 498. The van der Waals surface area contributed by atoms with Gasteiger partial charge in [0.15, 0.2) is 0 Å². The molecule has 0 N–H and O–H groups in total. The van der Waals surface area contributed by atoms with E-state index in [1.165, 1.54) is 6.92 Å². The number of carbonyl (C=O) groups excluding carboxylic acids is 1. The summed E-state index contributed by atoms with van der Waals surface area (Å²) in [7, 11) is 0. The van der Waals surface area contributed by atoms with E-state index in [0.717, 1.165) is 11.1 Å². The van der Waals surface area contributed by atoms with Crippen molar-refractivity contribution >= 4 is 11.5 Å². The summed E-state index contributed by atoms with van der Waals surface area (Å²) < 4.78 is 10.4. The Morgan fingerprint density at radius 2 is 2.19 bits per heavy atom. The van der Waals surface area contributed by atoms with Crippen molar-refractivity contribution in [1.82, 2.24) is 0 Å². The molecule has 1 aromatic carbocycles. The molecule has 3 heteroatoms. The van der Waals surface area contributed by atoms with Crippen LogP contribution in [0.4, 0.5) is 0 Å². The van der Waals surface area contributed by atoms with Gasteiger partial charge in [0.25, 0.3) is 0 Å². The monoisotopic (exact) mass is 216 g/mol. The van der Waals surface area contributed by atoms with Crippen molar-refractivity contribution in [2.45, 2.75) is 13.8 Å². The average Bonchev–Trinajstić information content (AvgIpc) is 2.15. The largest absolute Gasteiger partial charge is 0.457 e. The van der Waals surface area contributed by atoms with E-state index in [0.29, 0.717) is 17.3 Å². The zero-order valence-electron chi connectivity index (χ0n) is 9.24. The number of hydrogen-bond acceptors (Lipinski definition) is 3. The first-order chi connectivity index (χ1) is 7.56. The van der Waals surface area contributed by atoms with E-state index >= 15 is 0 Å². The molecule has 2 rings (SSSR count). The minimum atomic E-state index is -0.346. The highest BCUT2D eigenvalue weighted by Gasteiger charge is 2.14. The SMILES string of the molecule is C=C1C=C(C)c2ccc(OC(C)=O)cc2O1. The van der Waals surface area contributed by atoms with Crippen molar-refractivity contribution in [3.63, 3.8) is 0 Å². The topological polar surface area (TPSA) is 35.5 Å². The van der Waals surface area contributed by atoms with E-state index in [1.54, 1.807) is 12.1 Å². The molecule has 16 heavy (non-hydrogen) atoms. The second-order valence-corrected chi connectivity index (χ2v) is 3.65. The van der Waals surface area contributed by atoms with Crippen LogP contribution >= 0.6 is 0 Å². The lowest BCUT2D eigenvalue weighted by Crippen LogP contribution is -2.04. The van der Waals surface area contributed by atoms with Crippen LogP contribution in [0.25, 0.3) is 5.57 Å². The quantitative estimate of drug-likeness (QED) is 0.535. The van der Waals surface area contributed by atoms with E-state index in [2.05, 4.69) is 6.58 Å². The Morgan fingerprint density at radius 3 is 2.88 bits per heavy atom. The van der Waals surface area contributed by atoms with Gasteiger partial charge in [-0.1, -0.05) is 6.58 Å². The van der Waals surface area contributed by atoms with Crippen LogP contribution in [-0.2, 0) is 4.79 Å². The Labute approximate surface area is 94.0 Å². The Kier molecular flexibility index (Phi) is 2.52. The summed E-state index contributed by atoms with van der Waals surface area (Å²) >= 11 is 0. The molecular formula is C13H12O3. The van der Waals surface area contributed by atoms with Crippen LogP contribution in [0.2, 0.25) is 0 Å². The molecule has 1 heterocycles. The van der Waals surface area contributed by atoms with Gasteiger partial charge in [0.1, 0.15) is 17.3 Å². The number of esters is 1. The second-order valence-electron chi connectivity index (χ2n) is 3.65. The minimum Gasteiger partial charge on any atom is -0.457 e. The summed E-state index contributed by atoms with van der Waals surface area (Å²) in [6, 6.07) is 5.30. The average molecular weight is 216 g/mol. The summed E-state index contributed by atoms with van der Waals surface area (Å²) in [6.45, 7) is 7.10. The van der Waals surface area contributed by atoms with Crippen LogP contribution in [0.3, 0.4) is 0 Å². The third kappa shape index (κ3) is 1.98. The zero-order valence-corrected chi connectivity index (χ0v) is 9.24.